The number of benzene rings is 2. The summed E-state index contributed by atoms with van der Waals surface area (Å²) in [6, 6.07) is 13.9. The Morgan fingerprint density at radius 1 is 1.14 bits per heavy atom. The molecule has 118 valence electrons. The first-order chi connectivity index (χ1) is 10.4. The van der Waals surface area contributed by atoms with Crippen LogP contribution in [0, 0.1) is 0 Å². The Labute approximate surface area is 136 Å². The number of nitrogens with two attached hydrogens (primary N) is 1. The van der Waals surface area contributed by atoms with Gasteiger partial charge >= 0.3 is 0 Å². The Morgan fingerprint density at radius 2 is 1.82 bits per heavy atom. The van der Waals surface area contributed by atoms with Crippen LogP contribution in [0.2, 0.25) is 5.02 Å². The number of rotatable bonds is 6. The lowest BCUT2D eigenvalue weighted by Gasteiger charge is -2.22. The maximum atomic E-state index is 12.8. The van der Waals surface area contributed by atoms with Crippen molar-refractivity contribution in [2.24, 2.45) is 0 Å². The Morgan fingerprint density at radius 3 is 2.41 bits per heavy atom. The number of nitrogen functional groups attached to an aromatic ring is 1. The van der Waals surface area contributed by atoms with E-state index in [0.29, 0.717) is 18.1 Å². The van der Waals surface area contributed by atoms with Gasteiger partial charge in [0.25, 0.3) is 0 Å². The molecule has 0 amide bonds. The van der Waals surface area contributed by atoms with E-state index in [1.54, 1.807) is 0 Å². The molecule has 2 rings (SSSR count). The number of halogens is 1. The molecular formula is C16H19ClN2O2S. The van der Waals surface area contributed by atoms with E-state index >= 15 is 0 Å². The molecule has 0 aromatic heterocycles. The average Bonchev–Trinajstić information content (AvgIpc) is 2.50. The highest BCUT2D eigenvalue weighted by atomic mass is 35.5. The summed E-state index contributed by atoms with van der Waals surface area (Å²) in [6.45, 7) is 2.73. The van der Waals surface area contributed by atoms with E-state index < -0.39 is 10.0 Å². The van der Waals surface area contributed by atoms with Gasteiger partial charge in [0.2, 0.25) is 10.0 Å². The van der Waals surface area contributed by atoms with Gasteiger partial charge in [0.05, 0.1) is 15.6 Å². The molecule has 0 aliphatic heterocycles. The molecule has 0 atom stereocenters. The summed E-state index contributed by atoms with van der Waals surface area (Å²) in [6.07, 6.45) is 0.731. The molecule has 6 heteroatoms. The van der Waals surface area contributed by atoms with E-state index in [1.165, 1.54) is 22.5 Å². The largest absolute Gasteiger partial charge is 0.397 e. The van der Waals surface area contributed by atoms with Crippen molar-refractivity contribution in [2.75, 3.05) is 12.3 Å². The molecule has 2 N–H and O–H groups in total. The normalized spacial score (nSPS) is 11.8. The second-order valence-electron chi connectivity index (χ2n) is 5.01. The maximum absolute atomic E-state index is 12.8. The topological polar surface area (TPSA) is 63.4 Å². The number of hydrogen-bond acceptors (Lipinski definition) is 3. The summed E-state index contributed by atoms with van der Waals surface area (Å²) < 4.78 is 27.1. The first kappa shape index (κ1) is 16.8. The van der Waals surface area contributed by atoms with Crippen LogP contribution in [0.25, 0.3) is 0 Å². The lowest BCUT2D eigenvalue weighted by molar-refractivity contribution is 0.405. The zero-order valence-electron chi connectivity index (χ0n) is 12.4. The van der Waals surface area contributed by atoms with Crippen LogP contribution < -0.4 is 5.73 Å². The van der Waals surface area contributed by atoms with Gasteiger partial charge in [-0.1, -0.05) is 48.9 Å². The van der Waals surface area contributed by atoms with Crippen molar-refractivity contribution < 1.29 is 8.42 Å². The van der Waals surface area contributed by atoms with Gasteiger partial charge in [-0.3, -0.25) is 0 Å². The second-order valence-corrected chi connectivity index (χ2v) is 7.35. The van der Waals surface area contributed by atoms with Crippen LogP contribution in [-0.4, -0.2) is 19.3 Å². The SMILES string of the molecule is CCCN(Cc1ccccc1)S(=O)(=O)c1ccc(Cl)c(N)c1. The Balaban J connectivity index is 2.35. The van der Waals surface area contributed by atoms with Crippen molar-refractivity contribution in [1.82, 2.24) is 4.31 Å². The van der Waals surface area contributed by atoms with Gasteiger partial charge < -0.3 is 5.73 Å². The number of hydrogen-bond donors (Lipinski definition) is 1. The van der Waals surface area contributed by atoms with Crippen LogP contribution in [0.5, 0.6) is 0 Å². The standard InChI is InChI=1S/C16H19ClN2O2S/c1-2-10-19(12-13-6-4-3-5-7-13)22(20,21)14-8-9-15(17)16(18)11-14/h3-9,11H,2,10,12,18H2,1H3. The Kier molecular flexibility index (Phi) is 5.45. The fourth-order valence-electron chi connectivity index (χ4n) is 2.15. The molecule has 2 aromatic carbocycles. The van der Waals surface area contributed by atoms with Gasteiger partial charge in [-0.25, -0.2) is 8.42 Å². The van der Waals surface area contributed by atoms with E-state index in [1.807, 2.05) is 37.3 Å². The van der Waals surface area contributed by atoms with Gasteiger partial charge in [-0.15, -0.1) is 0 Å². The fraction of sp³-hybridized carbons (Fsp3) is 0.250. The van der Waals surface area contributed by atoms with Crippen molar-refractivity contribution >= 4 is 27.3 Å². The third-order valence-electron chi connectivity index (χ3n) is 3.28. The molecule has 2 aromatic rings. The molecular weight excluding hydrogens is 320 g/mol. The molecule has 0 spiro atoms. The fourth-order valence-corrected chi connectivity index (χ4v) is 3.83. The minimum Gasteiger partial charge on any atom is -0.397 e. The van der Waals surface area contributed by atoms with Crippen molar-refractivity contribution in [1.29, 1.82) is 0 Å². The summed E-state index contributed by atoms with van der Waals surface area (Å²) in [5.41, 5.74) is 6.94. The molecule has 0 unspecified atom stereocenters. The monoisotopic (exact) mass is 338 g/mol. The van der Waals surface area contributed by atoms with E-state index in [9.17, 15) is 8.42 Å². The maximum Gasteiger partial charge on any atom is 0.243 e. The first-order valence-electron chi connectivity index (χ1n) is 7.04. The molecule has 0 heterocycles. The predicted molar refractivity (Wildman–Crippen MR) is 90.2 cm³/mol. The number of sulfonamides is 1. The molecule has 0 saturated heterocycles. The molecule has 0 radical (unpaired) electrons. The summed E-state index contributed by atoms with van der Waals surface area (Å²) in [7, 11) is -3.61. The molecule has 0 aliphatic rings. The zero-order valence-corrected chi connectivity index (χ0v) is 13.9. The van der Waals surface area contributed by atoms with Gasteiger partial charge in [0, 0.05) is 13.1 Å². The van der Waals surface area contributed by atoms with Gasteiger partial charge in [-0.2, -0.15) is 4.31 Å². The van der Waals surface area contributed by atoms with Gasteiger partial charge in [-0.05, 0) is 30.2 Å². The minimum atomic E-state index is -3.61. The van der Waals surface area contributed by atoms with Crippen LogP contribution in [-0.2, 0) is 16.6 Å². The average molecular weight is 339 g/mol. The Bertz CT molecular complexity index is 733. The predicted octanol–water partition coefficient (Wildman–Crippen LogP) is 3.52. The van der Waals surface area contributed by atoms with Gasteiger partial charge in [0.1, 0.15) is 0 Å². The summed E-state index contributed by atoms with van der Waals surface area (Å²) in [5.74, 6) is 0. The third-order valence-corrected chi connectivity index (χ3v) is 5.47. The molecule has 0 fully saturated rings. The van der Waals surface area contributed by atoms with E-state index in [4.69, 9.17) is 17.3 Å². The van der Waals surface area contributed by atoms with Gasteiger partial charge in [0.15, 0.2) is 0 Å². The highest BCUT2D eigenvalue weighted by Gasteiger charge is 2.24. The lowest BCUT2D eigenvalue weighted by atomic mass is 10.2. The van der Waals surface area contributed by atoms with E-state index in [2.05, 4.69) is 0 Å². The summed E-state index contributed by atoms with van der Waals surface area (Å²) in [4.78, 5) is 0.166. The van der Waals surface area contributed by atoms with Crippen molar-refractivity contribution in [3.05, 3.63) is 59.1 Å². The quantitative estimate of drug-likeness (QED) is 0.819. The summed E-state index contributed by atoms with van der Waals surface area (Å²) >= 11 is 5.87. The van der Waals surface area contributed by atoms with Crippen LogP contribution >= 0.6 is 11.6 Å². The highest BCUT2D eigenvalue weighted by molar-refractivity contribution is 7.89. The third kappa shape index (κ3) is 3.80. The second kappa shape index (κ2) is 7.13. The molecule has 0 saturated carbocycles. The van der Waals surface area contributed by atoms with Crippen LogP contribution in [0.15, 0.2) is 53.4 Å². The first-order valence-corrected chi connectivity index (χ1v) is 8.86. The number of nitrogens with zero attached hydrogens (tertiary/aromatic N) is 1. The number of anilines is 1. The van der Waals surface area contributed by atoms with E-state index in [0.717, 1.165) is 12.0 Å². The molecule has 0 bridgehead atoms. The van der Waals surface area contributed by atoms with Crippen LogP contribution in [0.3, 0.4) is 0 Å². The minimum absolute atomic E-state index is 0.166. The zero-order chi connectivity index (χ0) is 16.2. The molecule has 0 aliphatic carbocycles. The van der Waals surface area contributed by atoms with E-state index in [-0.39, 0.29) is 10.6 Å². The highest BCUT2D eigenvalue weighted by Crippen LogP contribution is 2.25. The smallest absolute Gasteiger partial charge is 0.243 e. The summed E-state index contributed by atoms with van der Waals surface area (Å²) in [5, 5.41) is 0.351. The van der Waals surface area contributed by atoms with Crippen molar-refractivity contribution in [3.63, 3.8) is 0 Å². The van der Waals surface area contributed by atoms with Crippen LogP contribution in [0.4, 0.5) is 5.69 Å². The van der Waals surface area contributed by atoms with Crippen molar-refractivity contribution in [3.8, 4) is 0 Å². The Hall–Kier alpha value is -1.56. The van der Waals surface area contributed by atoms with Crippen molar-refractivity contribution in [2.45, 2.75) is 24.8 Å². The van der Waals surface area contributed by atoms with Crippen LogP contribution in [0.1, 0.15) is 18.9 Å². The lowest BCUT2D eigenvalue weighted by Crippen LogP contribution is -2.31. The molecule has 4 nitrogen and oxygen atoms in total. The molecule has 22 heavy (non-hydrogen) atoms.